The number of hydrogen-bond acceptors (Lipinski definition) is 6. The Hall–Kier alpha value is -1.21. The zero-order chi connectivity index (χ0) is 13.4. The van der Waals surface area contributed by atoms with Gasteiger partial charge in [0.25, 0.3) is 5.91 Å². The maximum atomic E-state index is 11.9. The van der Waals surface area contributed by atoms with Crippen molar-refractivity contribution in [3.05, 3.63) is 5.01 Å². The maximum absolute atomic E-state index is 11.9. The summed E-state index contributed by atoms with van der Waals surface area (Å²) in [5.41, 5.74) is 0. The van der Waals surface area contributed by atoms with Gasteiger partial charge in [-0.2, -0.15) is 0 Å². The van der Waals surface area contributed by atoms with Crippen LogP contribution in [0.1, 0.15) is 36.5 Å². The van der Waals surface area contributed by atoms with Crippen LogP contribution in [-0.4, -0.2) is 42.4 Å². The molecule has 0 saturated carbocycles. The maximum Gasteiger partial charge on any atom is 0.282 e. The molecule has 0 fully saturated rings. The first-order valence-electron chi connectivity index (χ1n) is 6.08. The highest BCUT2D eigenvalue weighted by Gasteiger charge is 2.16. The molecule has 2 N–H and O–H groups in total. The van der Waals surface area contributed by atoms with E-state index in [1.165, 1.54) is 11.3 Å². The average molecular weight is 272 g/mol. The summed E-state index contributed by atoms with van der Waals surface area (Å²) in [7, 11) is 1.62. The van der Waals surface area contributed by atoms with E-state index in [9.17, 15) is 4.79 Å². The van der Waals surface area contributed by atoms with Gasteiger partial charge in [0.05, 0.1) is 12.6 Å². The number of nitrogens with one attached hydrogen (secondary N) is 2. The molecule has 0 aromatic carbocycles. The number of ether oxygens (including phenoxy) is 1. The smallest absolute Gasteiger partial charge is 0.282 e. The quantitative estimate of drug-likeness (QED) is 0.750. The second kappa shape index (κ2) is 7.99. The Morgan fingerprint density at radius 3 is 2.83 bits per heavy atom. The van der Waals surface area contributed by atoms with Crippen LogP contribution >= 0.6 is 11.3 Å². The highest BCUT2D eigenvalue weighted by Crippen LogP contribution is 2.15. The zero-order valence-electron chi connectivity index (χ0n) is 11.0. The molecule has 0 radical (unpaired) electrons. The molecule has 6 nitrogen and oxygen atoms in total. The predicted octanol–water partition coefficient (Wildman–Crippen LogP) is 1.51. The second-order valence-corrected chi connectivity index (χ2v) is 4.85. The van der Waals surface area contributed by atoms with Crippen molar-refractivity contribution in [2.75, 3.05) is 25.6 Å². The van der Waals surface area contributed by atoms with Crippen molar-refractivity contribution in [1.82, 2.24) is 15.5 Å². The van der Waals surface area contributed by atoms with E-state index in [2.05, 4.69) is 27.8 Å². The molecule has 0 saturated heterocycles. The molecule has 0 aliphatic rings. The van der Waals surface area contributed by atoms with Gasteiger partial charge in [0.15, 0.2) is 0 Å². The number of aromatic nitrogens is 2. The van der Waals surface area contributed by atoms with E-state index in [1.54, 1.807) is 7.11 Å². The molecule has 1 heterocycles. The SMILES string of the molecule is CCCNc1nnc(C(=O)NC(CC)COC)s1. The largest absolute Gasteiger partial charge is 0.383 e. The van der Waals surface area contributed by atoms with Crippen molar-refractivity contribution in [3.63, 3.8) is 0 Å². The van der Waals surface area contributed by atoms with E-state index in [0.29, 0.717) is 16.7 Å². The van der Waals surface area contributed by atoms with Gasteiger partial charge in [-0.15, -0.1) is 10.2 Å². The van der Waals surface area contributed by atoms with Gasteiger partial charge in [0.2, 0.25) is 10.1 Å². The monoisotopic (exact) mass is 272 g/mol. The molecule has 0 aliphatic carbocycles. The highest BCUT2D eigenvalue weighted by atomic mass is 32.1. The van der Waals surface area contributed by atoms with Crippen molar-refractivity contribution < 1.29 is 9.53 Å². The van der Waals surface area contributed by atoms with Crippen molar-refractivity contribution >= 4 is 22.4 Å². The fourth-order valence-corrected chi connectivity index (χ4v) is 2.00. The molecule has 102 valence electrons. The van der Waals surface area contributed by atoms with Gasteiger partial charge >= 0.3 is 0 Å². The summed E-state index contributed by atoms with van der Waals surface area (Å²) in [5, 5.41) is 14.8. The summed E-state index contributed by atoms with van der Waals surface area (Å²) in [6, 6.07) is 0.0125. The third-order valence-corrected chi connectivity index (χ3v) is 3.22. The van der Waals surface area contributed by atoms with E-state index < -0.39 is 0 Å². The number of methoxy groups -OCH3 is 1. The van der Waals surface area contributed by atoms with Crippen LogP contribution in [0.2, 0.25) is 0 Å². The molecule has 1 atom stereocenters. The molecule has 0 bridgehead atoms. The minimum absolute atomic E-state index is 0.0125. The van der Waals surface area contributed by atoms with E-state index in [0.717, 1.165) is 19.4 Å². The van der Waals surface area contributed by atoms with Crippen LogP contribution in [0.15, 0.2) is 0 Å². The Balaban J connectivity index is 2.52. The minimum Gasteiger partial charge on any atom is -0.383 e. The van der Waals surface area contributed by atoms with Crippen LogP contribution in [0.3, 0.4) is 0 Å². The Bertz CT molecular complexity index is 370. The van der Waals surface area contributed by atoms with E-state index in [4.69, 9.17) is 4.74 Å². The lowest BCUT2D eigenvalue weighted by molar-refractivity contribution is 0.0893. The Labute approximate surface area is 111 Å². The zero-order valence-corrected chi connectivity index (χ0v) is 11.8. The fourth-order valence-electron chi connectivity index (χ4n) is 1.33. The molecule has 7 heteroatoms. The Kier molecular flexibility index (Phi) is 6.59. The van der Waals surface area contributed by atoms with Crippen LogP contribution < -0.4 is 10.6 Å². The molecule has 1 rings (SSSR count). The molecular weight excluding hydrogens is 252 g/mol. The molecule has 0 spiro atoms. The lowest BCUT2D eigenvalue weighted by Gasteiger charge is -2.14. The normalized spacial score (nSPS) is 12.2. The van der Waals surface area contributed by atoms with Gasteiger partial charge in [-0.05, 0) is 12.8 Å². The number of carbonyl (C=O) groups excluding carboxylic acids is 1. The number of rotatable bonds is 8. The van der Waals surface area contributed by atoms with E-state index in [1.807, 2.05) is 6.92 Å². The van der Waals surface area contributed by atoms with Crippen molar-refractivity contribution in [2.45, 2.75) is 32.7 Å². The molecule has 18 heavy (non-hydrogen) atoms. The van der Waals surface area contributed by atoms with Gasteiger partial charge in [0, 0.05) is 13.7 Å². The van der Waals surface area contributed by atoms with Crippen LogP contribution in [0, 0.1) is 0 Å². The lowest BCUT2D eigenvalue weighted by Crippen LogP contribution is -2.37. The van der Waals surface area contributed by atoms with Crippen LogP contribution in [-0.2, 0) is 4.74 Å². The minimum atomic E-state index is -0.194. The standard InChI is InChI=1S/C11H20N4O2S/c1-4-6-12-11-15-14-10(18-11)9(16)13-8(5-2)7-17-3/h8H,4-7H2,1-3H3,(H,12,15)(H,13,16). The lowest BCUT2D eigenvalue weighted by atomic mass is 10.2. The molecule has 1 aromatic heterocycles. The fraction of sp³-hybridized carbons (Fsp3) is 0.727. The Morgan fingerprint density at radius 2 is 2.22 bits per heavy atom. The van der Waals surface area contributed by atoms with Crippen LogP contribution in [0.5, 0.6) is 0 Å². The van der Waals surface area contributed by atoms with Gasteiger partial charge in [-0.3, -0.25) is 4.79 Å². The molecule has 1 aromatic rings. The predicted molar refractivity (Wildman–Crippen MR) is 72.1 cm³/mol. The summed E-state index contributed by atoms with van der Waals surface area (Å²) in [6.45, 7) is 5.40. The van der Waals surface area contributed by atoms with Crippen molar-refractivity contribution in [3.8, 4) is 0 Å². The van der Waals surface area contributed by atoms with Crippen LogP contribution in [0.4, 0.5) is 5.13 Å². The number of nitrogens with zero attached hydrogens (tertiary/aromatic N) is 2. The van der Waals surface area contributed by atoms with Crippen molar-refractivity contribution in [1.29, 1.82) is 0 Å². The first-order chi connectivity index (χ1) is 8.71. The third-order valence-electron chi connectivity index (χ3n) is 2.34. The highest BCUT2D eigenvalue weighted by molar-refractivity contribution is 7.17. The first-order valence-corrected chi connectivity index (χ1v) is 6.90. The molecule has 0 aliphatic heterocycles. The summed E-state index contributed by atoms with van der Waals surface area (Å²) in [4.78, 5) is 11.9. The molecule has 1 unspecified atom stereocenters. The Morgan fingerprint density at radius 1 is 1.44 bits per heavy atom. The van der Waals surface area contributed by atoms with Gasteiger partial charge < -0.3 is 15.4 Å². The number of carbonyl (C=O) groups is 1. The summed E-state index contributed by atoms with van der Waals surface area (Å²) in [5.74, 6) is -0.194. The number of anilines is 1. The van der Waals surface area contributed by atoms with Gasteiger partial charge in [-0.25, -0.2) is 0 Å². The molecular formula is C11H20N4O2S. The molecule has 1 amide bonds. The third kappa shape index (κ3) is 4.58. The van der Waals surface area contributed by atoms with Crippen LogP contribution in [0.25, 0.3) is 0 Å². The van der Waals surface area contributed by atoms with E-state index in [-0.39, 0.29) is 11.9 Å². The summed E-state index contributed by atoms with van der Waals surface area (Å²) in [6.07, 6.45) is 1.83. The average Bonchev–Trinajstić information content (AvgIpc) is 2.84. The first kappa shape index (κ1) is 14.8. The topological polar surface area (TPSA) is 76.1 Å². The van der Waals surface area contributed by atoms with Gasteiger partial charge in [0.1, 0.15) is 0 Å². The summed E-state index contributed by atoms with van der Waals surface area (Å²) >= 11 is 1.27. The van der Waals surface area contributed by atoms with Crippen molar-refractivity contribution in [2.24, 2.45) is 0 Å². The number of amides is 1. The van der Waals surface area contributed by atoms with Gasteiger partial charge in [-0.1, -0.05) is 25.2 Å². The van der Waals surface area contributed by atoms with E-state index >= 15 is 0 Å². The number of hydrogen-bond donors (Lipinski definition) is 2. The summed E-state index contributed by atoms with van der Waals surface area (Å²) < 4.78 is 5.03. The second-order valence-electron chi connectivity index (χ2n) is 3.87.